The van der Waals surface area contributed by atoms with E-state index in [-0.39, 0.29) is 0 Å². The molecular formula is C14H21NOS. The second-order valence-corrected chi connectivity index (χ2v) is 5.31. The van der Waals surface area contributed by atoms with E-state index in [0.717, 1.165) is 26.1 Å². The maximum atomic E-state index is 5.45. The van der Waals surface area contributed by atoms with E-state index in [2.05, 4.69) is 42.9 Å². The van der Waals surface area contributed by atoms with Crippen molar-refractivity contribution in [2.75, 3.05) is 26.5 Å². The van der Waals surface area contributed by atoms with Gasteiger partial charge in [-0.25, -0.2) is 0 Å². The number of nitrogens with one attached hydrogen (secondary N) is 1. The standard InChI is InChI=1S/C14H21NOS/c1-15-14(11-7-9-16-10-8-11)12-5-3-4-6-13(12)17-2/h3-6,11,14-15H,7-10H2,1-2H3. The Morgan fingerprint density at radius 2 is 2.00 bits per heavy atom. The molecule has 0 aromatic heterocycles. The summed E-state index contributed by atoms with van der Waals surface area (Å²) in [5.74, 6) is 0.696. The summed E-state index contributed by atoms with van der Waals surface area (Å²) in [4.78, 5) is 1.39. The summed E-state index contributed by atoms with van der Waals surface area (Å²) in [6.45, 7) is 1.81. The van der Waals surface area contributed by atoms with Gasteiger partial charge in [-0.15, -0.1) is 11.8 Å². The number of hydrogen-bond donors (Lipinski definition) is 1. The molecule has 1 unspecified atom stereocenters. The first kappa shape index (κ1) is 12.9. The first-order valence-corrected chi connectivity index (χ1v) is 7.47. The minimum Gasteiger partial charge on any atom is -0.381 e. The SMILES string of the molecule is CNC(c1ccccc1SC)C1CCOCC1. The molecule has 1 aliphatic rings. The third-order valence-corrected chi connectivity index (χ3v) is 4.33. The van der Waals surface area contributed by atoms with Crippen LogP contribution in [0.15, 0.2) is 29.2 Å². The van der Waals surface area contributed by atoms with E-state index >= 15 is 0 Å². The highest BCUT2D eigenvalue weighted by molar-refractivity contribution is 7.98. The summed E-state index contributed by atoms with van der Waals surface area (Å²) < 4.78 is 5.45. The Labute approximate surface area is 108 Å². The largest absolute Gasteiger partial charge is 0.381 e. The monoisotopic (exact) mass is 251 g/mol. The van der Waals surface area contributed by atoms with Gasteiger partial charge in [-0.05, 0) is 43.7 Å². The summed E-state index contributed by atoms with van der Waals surface area (Å²) in [5.41, 5.74) is 1.44. The van der Waals surface area contributed by atoms with Crippen molar-refractivity contribution in [2.24, 2.45) is 5.92 Å². The van der Waals surface area contributed by atoms with Crippen LogP contribution in [0, 0.1) is 5.92 Å². The molecule has 0 aliphatic carbocycles. The normalized spacial score (nSPS) is 19.2. The van der Waals surface area contributed by atoms with Gasteiger partial charge in [-0.3, -0.25) is 0 Å². The van der Waals surface area contributed by atoms with E-state index < -0.39 is 0 Å². The Hall–Kier alpha value is -0.510. The van der Waals surface area contributed by atoms with Crippen LogP contribution in [0.5, 0.6) is 0 Å². The fourth-order valence-electron chi connectivity index (χ4n) is 2.62. The summed E-state index contributed by atoms with van der Waals surface area (Å²) in [6, 6.07) is 9.18. The van der Waals surface area contributed by atoms with Gasteiger partial charge in [-0.2, -0.15) is 0 Å². The van der Waals surface area contributed by atoms with E-state index in [4.69, 9.17) is 4.74 Å². The Kier molecular flexibility index (Phi) is 4.89. The van der Waals surface area contributed by atoms with Crippen LogP contribution in [0.2, 0.25) is 0 Å². The smallest absolute Gasteiger partial charge is 0.0469 e. The average molecular weight is 251 g/mol. The third-order valence-electron chi connectivity index (χ3n) is 3.52. The fraction of sp³-hybridized carbons (Fsp3) is 0.571. The van der Waals surface area contributed by atoms with Crippen molar-refractivity contribution in [3.8, 4) is 0 Å². The molecule has 0 radical (unpaired) electrons. The Morgan fingerprint density at radius 1 is 1.29 bits per heavy atom. The molecule has 0 spiro atoms. The third kappa shape index (κ3) is 3.03. The van der Waals surface area contributed by atoms with Crippen molar-refractivity contribution >= 4 is 11.8 Å². The predicted octanol–water partition coefficient (Wildman–Crippen LogP) is 3.10. The Balaban J connectivity index is 2.21. The van der Waals surface area contributed by atoms with Gasteiger partial charge in [0.2, 0.25) is 0 Å². The lowest BCUT2D eigenvalue weighted by molar-refractivity contribution is 0.0543. The van der Waals surface area contributed by atoms with E-state index in [1.165, 1.54) is 10.5 Å². The van der Waals surface area contributed by atoms with Crippen molar-refractivity contribution in [1.29, 1.82) is 0 Å². The lowest BCUT2D eigenvalue weighted by Crippen LogP contribution is -2.30. The Bertz CT molecular complexity index is 350. The molecule has 0 amide bonds. The topological polar surface area (TPSA) is 21.3 Å². The van der Waals surface area contributed by atoms with Crippen LogP contribution < -0.4 is 5.32 Å². The van der Waals surface area contributed by atoms with Gasteiger partial charge >= 0.3 is 0 Å². The molecule has 2 nitrogen and oxygen atoms in total. The lowest BCUT2D eigenvalue weighted by atomic mass is 9.87. The molecule has 0 bridgehead atoms. The van der Waals surface area contributed by atoms with Crippen LogP contribution in [-0.4, -0.2) is 26.5 Å². The van der Waals surface area contributed by atoms with Crippen LogP contribution in [0.25, 0.3) is 0 Å². The van der Waals surface area contributed by atoms with E-state index in [9.17, 15) is 0 Å². The highest BCUT2D eigenvalue weighted by atomic mass is 32.2. The fourth-order valence-corrected chi connectivity index (χ4v) is 3.26. The molecule has 1 N–H and O–H groups in total. The average Bonchev–Trinajstić information content (AvgIpc) is 2.41. The van der Waals surface area contributed by atoms with Gasteiger partial charge in [0, 0.05) is 24.2 Å². The molecule has 1 heterocycles. The van der Waals surface area contributed by atoms with Gasteiger partial charge in [0.15, 0.2) is 0 Å². The van der Waals surface area contributed by atoms with Crippen LogP contribution in [0.3, 0.4) is 0 Å². The van der Waals surface area contributed by atoms with Gasteiger partial charge in [0.05, 0.1) is 0 Å². The molecule has 1 atom stereocenters. The summed E-state index contributed by atoms with van der Waals surface area (Å²) in [5, 5.41) is 3.49. The molecule has 17 heavy (non-hydrogen) atoms. The predicted molar refractivity (Wildman–Crippen MR) is 73.6 cm³/mol. The second kappa shape index (κ2) is 6.43. The first-order valence-electron chi connectivity index (χ1n) is 6.24. The van der Waals surface area contributed by atoms with Crippen molar-refractivity contribution in [2.45, 2.75) is 23.8 Å². The minimum atomic E-state index is 0.461. The molecule has 2 rings (SSSR count). The number of ether oxygens (including phenoxy) is 1. The zero-order valence-corrected chi connectivity index (χ0v) is 11.4. The zero-order valence-electron chi connectivity index (χ0n) is 10.6. The van der Waals surface area contributed by atoms with Gasteiger partial charge in [0.1, 0.15) is 0 Å². The summed E-state index contributed by atoms with van der Waals surface area (Å²) in [6.07, 6.45) is 4.47. The molecule has 0 saturated carbocycles. The highest BCUT2D eigenvalue weighted by Crippen LogP contribution is 2.34. The highest BCUT2D eigenvalue weighted by Gasteiger charge is 2.25. The van der Waals surface area contributed by atoms with Crippen LogP contribution in [-0.2, 0) is 4.74 Å². The molecule has 1 fully saturated rings. The molecule has 1 aromatic rings. The van der Waals surface area contributed by atoms with Gasteiger partial charge in [0.25, 0.3) is 0 Å². The maximum absolute atomic E-state index is 5.45. The van der Waals surface area contributed by atoms with Crippen LogP contribution in [0.4, 0.5) is 0 Å². The minimum absolute atomic E-state index is 0.461. The molecule has 94 valence electrons. The molecule has 1 aromatic carbocycles. The molecular weight excluding hydrogens is 230 g/mol. The molecule has 1 aliphatic heterocycles. The van der Waals surface area contributed by atoms with Gasteiger partial charge in [-0.1, -0.05) is 18.2 Å². The maximum Gasteiger partial charge on any atom is 0.0469 e. The first-order chi connectivity index (χ1) is 8.36. The van der Waals surface area contributed by atoms with Crippen molar-refractivity contribution in [3.05, 3.63) is 29.8 Å². The number of hydrogen-bond acceptors (Lipinski definition) is 3. The number of thioether (sulfide) groups is 1. The summed E-state index contributed by atoms with van der Waals surface area (Å²) >= 11 is 1.83. The lowest BCUT2D eigenvalue weighted by Gasteiger charge is -2.31. The summed E-state index contributed by atoms with van der Waals surface area (Å²) in [7, 11) is 2.07. The molecule has 1 saturated heterocycles. The number of rotatable bonds is 4. The van der Waals surface area contributed by atoms with E-state index in [1.807, 2.05) is 11.8 Å². The Morgan fingerprint density at radius 3 is 2.65 bits per heavy atom. The second-order valence-electron chi connectivity index (χ2n) is 4.46. The van der Waals surface area contributed by atoms with Crippen molar-refractivity contribution in [3.63, 3.8) is 0 Å². The molecule has 3 heteroatoms. The van der Waals surface area contributed by atoms with Crippen LogP contribution in [0.1, 0.15) is 24.4 Å². The quantitative estimate of drug-likeness (QED) is 0.831. The van der Waals surface area contributed by atoms with Crippen molar-refractivity contribution < 1.29 is 4.74 Å². The van der Waals surface area contributed by atoms with Crippen molar-refractivity contribution in [1.82, 2.24) is 5.32 Å². The van der Waals surface area contributed by atoms with E-state index in [1.54, 1.807) is 0 Å². The van der Waals surface area contributed by atoms with E-state index in [0.29, 0.717) is 12.0 Å². The van der Waals surface area contributed by atoms with Gasteiger partial charge < -0.3 is 10.1 Å². The zero-order chi connectivity index (χ0) is 12.1. The van der Waals surface area contributed by atoms with Crippen LogP contribution >= 0.6 is 11.8 Å². The number of benzene rings is 1.